The lowest BCUT2D eigenvalue weighted by atomic mass is 10.1. The SMILES string of the molecule is Cc1ccc(S(=O)(=O)NCCCCCC(=O)Oc2cc3oc(=O)cc(C)c3cc2Cl)cc1. The molecule has 0 aliphatic rings. The average molecular weight is 478 g/mol. The summed E-state index contributed by atoms with van der Waals surface area (Å²) in [4.78, 5) is 23.9. The van der Waals surface area contributed by atoms with Gasteiger partial charge in [0.05, 0.1) is 9.92 Å². The number of esters is 1. The molecule has 1 aromatic heterocycles. The van der Waals surface area contributed by atoms with Gasteiger partial charge in [-0.15, -0.1) is 0 Å². The smallest absolute Gasteiger partial charge is 0.336 e. The van der Waals surface area contributed by atoms with Crippen LogP contribution < -0.4 is 15.1 Å². The zero-order valence-electron chi connectivity index (χ0n) is 17.8. The van der Waals surface area contributed by atoms with Crippen molar-refractivity contribution < 1.29 is 22.4 Å². The second-order valence-corrected chi connectivity index (χ2v) is 9.70. The van der Waals surface area contributed by atoms with Crippen molar-refractivity contribution >= 4 is 38.6 Å². The summed E-state index contributed by atoms with van der Waals surface area (Å²) < 4.78 is 37.5. The lowest BCUT2D eigenvalue weighted by Crippen LogP contribution is -2.24. The number of sulfonamides is 1. The van der Waals surface area contributed by atoms with Crippen molar-refractivity contribution in [1.29, 1.82) is 0 Å². The number of aryl methyl sites for hydroxylation is 2. The molecule has 0 fully saturated rings. The number of unbranched alkanes of at least 4 members (excludes halogenated alkanes) is 2. The van der Waals surface area contributed by atoms with E-state index >= 15 is 0 Å². The fraction of sp³-hybridized carbons (Fsp3) is 0.304. The van der Waals surface area contributed by atoms with Crippen molar-refractivity contribution in [3.8, 4) is 5.75 Å². The third-order valence-electron chi connectivity index (χ3n) is 4.91. The van der Waals surface area contributed by atoms with Crippen LogP contribution in [-0.2, 0) is 14.8 Å². The summed E-state index contributed by atoms with van der Waals surface area (Å²) in [5.74, 6) is -0.342. The molecule has 7 nitrogen and oxygen atoms in total. The largest absolute Gasteiger partial charge is 0.425 e. The molecule has 170 valence electrons. The molecule has 0 radical (unpaired) electrons. The molecule has 0 atom stereocenters. The molecule has 1 N–H and O–H groups in total. The quantitative estimate of drug-likeness (QED) is 0.210. The van der Waals surface area contributed by atoms with Crippen molar-refractivity contribution in [2.24, 2.45) is 0 Å². The zero-order valence-corrected chi connectivity index (χ0v) is 19.4. The number of carbonyl (C=O) groups is 1. The summed E-state index contributed by atoms with van der Waals surface area (Å²) in [7, 11) is -3.54. The van der Waals surface area contributed by atoms with E-state index < -0.39 is 21.6 Å². The molecule has 0 bridgehead atoms. The van der Waals surface area contributed by atoms with Gasteiger partial charge in [-0.25, -0.2) is 17.9 Å². The van der Waals surface area contributed by atoms with Gasteiger partial charge in [0.15, 0.2) is 5.75 Å². The van der Waals surface area contributed by atoms with Crippen LogP contribution in [0.4, 0.5) is 0 Å². The number of ether oxygens (including phenoxy) is 1. The molecule has 2 aromatic carbocycles. The Balaban J connectivity index is 1.45. The number of carbonyl (C=O) groups excluding carboxylic acids is 1. The molecule has 0 saturated carbocycles. The summed E-state index contributed by atoms with van der Waals surface area (Å²) >= 11 is 6.20. The van der Waals surface area contributed by atoms with Crippen LogP contribution in [0.25, 0.3) is 11.0 Å². The standard InChI is InChI=1S/C23H24ClNO6S/c1-15-7-9-17(10-8-15)32(28,29)25-11-5-3-4-6-22(26)31-21-14-20-18(13-19(21)24)16(2)12-23(27)30-20/h7-10,12-14,25H,3-6,11H2,1-2H3. The lowest BCUT2D eigenvalue weighted by molar-refractivity contribution is -0.134. The molecule has 0 aliphatic carbocycles. The van der Waals surface area contributed by atoms with Crippen LogP contribution in [0.1, 0.15) is 36.8 Å². The van der Waals surface area contributed by atoms with E-state index in [-0.39, 0.29) is 28.6 Å². The van der Waals surface area contributed by atoms with Gasteiger partial charge in [0.1, 0.15) is 5.58 Å². The molecular weight excluding hydrogens is 454 g/mol. The fourth-order valence-electron chi connectivity index (χ4n) is 3.15. The predicted octanol–water partition coefficient (Wildman–Crippen LogP) is 4.51. The highest BCUT2D eigenvalue weighted by atomic mass is 35.5. The van der Waals surface area contributed by atoms with Gasteiger partial charge in [-0.2, -0.15) is 0 Å². The van der Waals surface area contributed by atoms with Gasteiger partial charge in [-0.05, 0) is 50.5 Å². The first kappa shape index (κ1) is 24.0. The molecule has 9 heteroatoms. The van der Waals surface area contributed by atoms with Crippen LogP contribution in [0, 0.1) is 13.8 Å². The van der Waals surface area contributed by atoms with Crippen molar-refractivity contribution in [2.45, 2.75) is 44.4 Å². The van der Waals surface area contributed by atoms with E-state index in [0.29, 0.717) is 35.8 Å². The number of halogens is 1. The van der Waals surface area contributed by atoms with Crippen molar-refractivity contribution in [1.82, 2.24) is 4.72 Å². The monoisotopic (exact) mass is 477 g/mol. The Morgan fingerprint density at radius 2 is 1.78 bits per heavy atom. The van der Waals surface area contributed by atoms with Crippen LogP contribution in [0.5, 0.6) is 5.75 Å². The van der Waals surface area contributed by atoms with Crippen molar-refractivity contribution in [2.75, 3.05) is 6.54 Å². The Hall–Kier alpha value is -2.68. The Morgan fingerprint density at radius 3 is 2.50 bits per heavy atom. The molecule has 32 heavy (non-hydrogen) atoms. The number of fused-ring (bicyclic) bond motifs is 1. The van der Waals surface area contributed by atoms with E-state index in [0.717, 1.165) is 5.56 Å². The normalized spacial score (nSPS) is 11.6. The minimum atomic E-state index is -3.54. The van der Waals surface area contributed by atoms with Gasteiger partial charge in [-0.1, -0.05) is 35.7 Å². The fourth-order valence-corrected chi connectivity index (χ4v) is 4.43. The third kappa shape index (κ3) is 6.18. The first-order chi connectivity index (χ1) is 15.2. The molecule has 0 unspecified atom stereocenters. The maximum absolute atomic E-state index is 12.2. The van der Waals surface area contributed by atoms with E-state index in [2.05, 4.69) is 4.72 Å². The number of hydrogen-bond donors (Lipinski definition) is 1. The van der Waals surface area contributed by atoms with Crippen LogP contribution in [-0.4, -0.2) is 20.9 Å². The first-order valence-corrected chi connectivity index (χ1v) is 12.0. The van der Waals surface area contributed by atoms with E-state index in [9.17, 15) is 18.0 Å². The minimum absolute atomic E-state index is 0.128. The molecule has 0 saturated heterocycles. The topological polar surface area (TPSA) is 103 Å². The van der Waals surface area contributed by atoms with Crippen molar-refractivity contribution in [3.63, 3.8) is 0 Å². The van der Waals surface area contributed by atoms with Crippen LogP contribution in [0.15, 0.2) is 56.6 Å². The van der Waals surface area contributed by atoms with E-state index in [1.54, 1.807) is 37.3 Å². The Bertz CT molecular complexity index is 1280. The molecule has 1 heterocycles. The van der Waals surface area contributed by atoms with E-state index in [1.165, 1.54) is 12.1 Å². The van der Waals surface area contributed by atoms with Gasteiger partial charge >= 0.3 is 11.6 Å². The summed E-state index contributed by atoms with van der Waals surface area (Å²) in [5, 5.41) is 0.913. The Labute approximate surface area is 191 Å². The van der Waals surface area contributed by atoms with E-state index in [4.69, 9.17) is 20.8 Å². The predicted molar refractivity (Wildman–Crippen MR) is 123 cm³/mol. The molecule has 0 spiro atoms. The van der Waals surface area contributed by atoms with E-state index in [1.807, 2.05) is 6.92 Å². The third-order valence-corrected chi connectivity index (χ3v) is 6.68. The highest BCUT2D eigenvalue weighted by molar-refractivity contribution is 7.89. The average Bonchev–Trinajstić information content (AvgIpc) is 2.72. The Kier molecular flexibility index (Phi) is 7.71. The molecule has 0 aliphatic heterocycles. The van der Waals surface area contributed by atoms with Crippen LogP contribution in [0.2, 0.25) is 5.02 Å². The Morgan fingerprint density at radius 1 is 1.06 bits per heavy atom. The summed E-state index contributed by atoms with van der Waals surface area (Å²) in [6.45, 7) is 3.93. The summed E-state index contributed by atoms with van der Waals surface area (Å²) in [6.07, 6.45) is 1.91. The van der Waals surface area contributed by atoms with Gasteiger partial charge in [0.2, 0.25) is 10.0 Å². The highest BCUT2D eigenvalue weighted by Gasteiger charge is 2.14. The molecular formula is C23H24ClNO6S. The maximum atomic E-state index is 12.2. The molecule has 3 aromatic rings. The van der Waals surface area contributed by atoms with Gasteiger partial charge in [0, 0.05) is 30.5 Å². The summed E-state index contributed by atoms with van der Waals surface area (Å²) in [5.41, 5.74) is 1.50. The highest BCUT2D eigenvalue weighted by Crippen LogP contribution is 2.31. The molecule has 3 rings (SSSR count). The van der Waals surface area contributed by atoms with Crippen molar-refractivity contribution in [3.05, 3.63) is 69.0 Å². The van der Waals surface area contributed by atoms with Gasteiger partial charge in [-0.3, -0.25) is 4.79 Å². The second-order valence-electron chi connectivity index (χ2n) is 7.52. The lowest BCUT2D eigenvalue weighted by Gasteiger charge is -2.09. The second kappa shape index (κ2) is 10.3. The van der Waals surface area contributed by atoms with Gasteiger partial charge < -0.3 is 9.15 Å². The number of benzene rings is 2. The number of hydrogen-bond acceptors (Lipinski definition) is 6. The van der Waals surface area contributed by atoms with Crippen LogP contribution >= 0.6 is 11.6 Å². The van der Waals surface area contributed by atoms with Crippen LogP contribution in [0.3, 0.4) is 0 Å². The first-order valence-electron chi connectivity index (χ1n) is 10.2. The zero-order chi connectivity index (χ0) is 23.3. The maximum Gasteiger partial charge on any atom is 0.336 e. The van der Waals surface area contributed by atoms with Gasteiger partial charge in [0.25, 0.3) is 0 Å². The number of nitrogens with one attached hydrogen (secondary N) is 1. The minimum Gasteiger partial charge on any atom is -0.425 e. The summed E-state index contributed by atoms with van der Waals surface area (Å²) in [6, 6.07) is 11.0. The number of rotatable bonds is 9. The molecule has 0 amide bonds.